The first-order valence-electron chi connectivity index (χ1n) is 5.85. The van der Waals surface area contributed by atoms with Crippen molar-refractivity contribution in [3.05, 3.63) is 65.7 Å². The highest BCUT2D eigenvalue weighted by Gasteiger charge is 2.11. The fourth-order valence-electron chi connectivity index (χ4n) is 1.72. The van der Waals surface area contributed by atoms with Crippen molar-refractivity contribution in [3.8, 4) is 5.75 Å². The molecule has 2 aromatic carbocycles. The first-order chi connectivity index (χ1) is 9.20. The summed E-state index contributed by atoms with van der Waals surface area (Å²) in [5.74, 6) is -0.198. The highest BCUT2D eigenvalue weighted by atomic mass is 16.5. The van der Waals surface area contributed by atoms with Crippen LogP contribution in [0.1, 0.15) is 11.1 Å². The van der Waals surface area contributed by atoms with Crippen molar-refractivity contribution in [2.24, 2.45) is 0 Å². The predicted molar refractivity (Wildman–Crippen MR) is 74.4 cm³/mol. The molecule has 0 unspecified atom stereocenters. The minimum atomic E-state index is -0.390. The number of rotatable bonds is 3. The average Bonchev–Trinajstić information content (AvgIpc) is 2.47. The van der Waals surface area contributed by atoms with Gasteiger partial charge in [0.05, 0.1) is 12.7 Å². The van der Waals surface area contributed by atoms with E-state index >= 15 is 0 Å². The van der Waals surface area contributed by atoms with E-state index in [2.05, 4.69) is 0 Å². The number of phenolic OH excluding ortho intramolecular Hbond substituents is 1. The number of benzene rings is 2. The lowest BCUT2D eigenvalue weighted by Gasteiger charge is -2.06. The number of ether oxygens (including phenoxy) is 1. The SMILES string of the molecule is COC(=O)/C(=C\c1ccc(O)cc1)c1ccccc1. The van der Waals surface area contributed by atoms with Gasteiger partial charge < -0.3 is 9.84 Å². The van der Waals surface area contributed by atoms with Crippen LogP contribution in [0.3, 0.4) is 0 Å². The van der Waals surface area contributed by atoms with Gasteiger partial charge in [-0.2, -0.15) is 0 Å². The molecular weight excluding hydrogens is 240 g/mol. The van der Waals surface area contributed by atoms with Crippen molar-refractivity contribution >= 4 is 17.6 Å². The smallest absolute Gasteiger partial charge is 0.338 e. The molecule has 1 N–H and O–H groups in total. The summed E-state index contributed by atoms with van der Waals surface area (Å²) in [6.07, 6.45) is 1.74. The van der Waals surface area contributed by atoms with E-state index in [-0.39, 0.29) is 11.7 Å². The fraction of sp³-hybridized carbons (Fsp3) is 0.0625. The summed E-state index contributed by atoms with van der Waals surface area (Å²) in [6.45, 7) is 0. The lowest BCUT2D eigenvalue weighted by molar-refractivity contribution is -0.133. The molecule has 0 amide bonds. The third-order valence-electron chi connectivity index (χ3n) is 2.69. The molecule has 0 radical (unpaired) electrons. The van der Waals surface area contributed by atoms with E-state index in [0.29, 0.717) is 5.57 Å². The summed E-state index contributed by atoms with van der Waals surface area (Å²) in [4.78, 5) is 11.8. The summed E-state index contributed by atoms with van der Waals surface area (Å²) in [5.41, 5.74) is 2.10. The normalized spacial score (nSPS) is 11.1. The molecule has 0 aromatic heterocycles. The first kappa shape index (κ1) is 12.9. The Morgan fingerprint density at radius 2 is 1.68 bits per heavy atom. The summed E-state index contributed by atoms with van der Waals surface area (Å²) in [7, 11) is 1.36. The van der Waals surface area contributed by atoms with Gasteiger partial charge in [0.15, 0.2) is 0 Å². The predicted octanol–water partition coefficient (Wildman–Crippen LogP) is 3.11. The van der Waals surface area contributed by atoms with Gasteiger partial charge in [-0.1, -0.05) is 42.5 Å². The van der Waals surface area contributed by atoms with E-state index in [9.17, 15) is 9.90 Å². The van der Waals surface area contributed by atoms with Crippen molar-refractivity contribution < 1.29 is 14.6 Å². The Kier molecular flexibility index (Phi) is 3.98. The number of hydrogen-bond acceptors (Lipinski definition) is 3. The van der Waals surface area contributed by atoms with Crippen LogP contribution in [0.15, 0.2) is 54.6 Å². The second-order valence-corrected chi connectivity index (χ2v) is 4.01. The molecular formula is C16H14O3. The molecule has 0 heterocycles. The molecule has 0 aliphatic carbocycles. The van der Waals surface area contributed by atoms with Crippen LogP contribution in [0.5, 0.6) is 5.75 Å². The number of hydrogen-bond donors (Lipinski definition) is 1. The molecule has 0 aliphatic rings. The van der Waals surface area contributed by atoms with E-state index in [0.717, 1.165) is 11.1 Å². The second kappa shape index (κ2) is 5.87. The standard InChI is InChI=1S/C16H14O3/c1-19-16(18)15(13-5-3-2-4-6-13)11-12-7-9-14(17)10-8-12/h2-11,17H,1H3/b15-11-. The zero-order valence-electron chi connectivity index (χ0n) is 10.5. The maximum absolute atomic E-state index is 11.8. The number of phenols is 1. The van der Waals surface area contributed by atoms with Crippen LogP contribution in [0.4, 0.5) is 0 Å². The highest BCUT2D eigenvalue weighted by Crippen LogP contribution is 2.20. The van der Waals surface area contributed by atoms with Crippen molar-refractivity contribution in [2.75, 3.05) is 7.11 Å². The van der Waals surface area contributed by atoms with E-state index in [1.54, 1.807) is 30.3 Å². The third kappa shape index (κ3) is 3.22. The van der Waals surface area contributed by atoms with Crippen molar-refractivity contribution in [1.29, 1.82) is 0 Å². The molecule has 3 nitrogen and oxygen atoms in total. The zero-order chi connectivity index (χ0) is 13.7. The van der Waals surface area contributed by atoms with Crippen LogP contribution in [0.25, 0.3) is 11.6 Å². The number of aromatic hydroxyl groups is 1. The fourth-order valence-corrected chi connectivity index (χ4v) is 1.72. The van der Waals surface area contributed by atoms with Gasteiger partial charge in [-0.05, 0) is 29.3 Å². The van der Waals surface area contributed by atoms with Crippen molar-refractivity contribution in [1.82, 2.24) is 0 Å². The Bertz CT molecular complexity index is 583. The number of carbonyl (C=O) groups is 1. The molecule has 96 valence electrons. The van der Waals surface area contributed by atoms with Gasteiger partial charge in [-0.3, -0.25) is 0 Å². The van der Waals surface area contributed by atoms with Crippen LogP contribution >= 0.6 is 0 Å². The van der Waals surface area contributed by atoms with Gasteiger partial charge >= 0.3 is 5.97 Å². The Morgan fingerprint density at radius 1 is 1.05 bits per heavy atom. The number of esters is 1. The molecule has 19 heavy (non-hydrogen) atoms. The minimum Gasteiger partial charge on any atom is -0.508 e. The van der Waals surface area contributed by atoms with Gasteiger partial charge in [0.1, 0.15) is 5.75 Å². The van der Waals surface area contributed by atoms with Gasteiger partial charge in [0.25, 0.3) is 0 Å². The molecule has 2 aromatic rings. The summed E-state index contributed by atoms with van der Waals surface area (Å²) in [6, 6.07) is 15.9. The Morgan fingerprint density at radius 3 is 2.26 bits per heavy atom. The molecule has 2 rings (SSSR count). The maximum Gasteiger partial charge on any atom is 0.338 e. The van der Waals surface area contributed by atoms with Crippen molar-refractivity contribution in [2.45, 2.75) is 0 Å². The Hall–Kier alpha value is -2.55. The largest absolute Gasteiger partial charge is 0.508 e. The van der Waals surface area contributed by atoms with Crippen molar-refractivity contribution in [3.63, 3.8) is 0 Å². The molecule has 0 saturated carbocycles. The Labute approximate surface area is 111 Å². The molecule has 0 aliphatic heterocycles. The Balaban J connectivity index is 2.44. The quantitative estimate of drug-likeness (QED) is 0.520. The maximum atomic E-state index is 11.8. The lowest BCUT2D eigenvalue weighted by Crippen LogP contribution is -2.03. The molecule has 3 heteroatoms. The first-order valence-corrected chi connectivity index (χ1v) is 5.85. The highest BCUT2D eigenvalue weighted by molar-refractivity contribution is 6.21. The van der Waals surface area contributed by atoms with E-state index in [1.165, 1.54) is 7.11 Å². The van der Waals surface area contributed by atoms with E-state index in [1.807, 2.05) is 30.3 Å². The van der Waals surface area contributed by atoms with Gasteiger partial charge in [0.2, 0.25) is 0 Å². The lowest BCUT2D eigenvalue weighted by atomic mass is 10.0. The van der Waals surface area contributed by atoms with Gasteiger partial charge in [-0.15, -0.1) is 0 Å². The van der Waals surface area contributed by atoms with E-state index < -0.39 is 0 Å². The second-order valence-electron chi connectivity index (χ2n) is 4.01. The van der Waals surface area contributed by atoms with Crippen LogP contribution in [0, 0.1) is 0 Å². The third-order valence-corrected chi connectivity index (χ3v) is 2.69. The topological polar surface area (TPSA) is 46.5 Å². The zero-order valence-corrected chi connectivity index (χ0v) is 10.5. The molecule has 0 atom stereocenters. The van der Waals surface area contributed by atoms with Crippen LogP contribution < -0.4 is 0 Å². The summed E-state index contributed by atoms with van der Waals surface area (Å²) in [5, 5.41) is 9.25. The molecule has 0 saturated heterocycles. The van der Waals surface area contributed by atoms with E-state index in [4.69, 9.17) is 4.74 Å². The molecule has 0 fully saturated rings. The average molecular weight is 254 g/mol. The molecule has 0 spiro atoms. The number of carbonyl (C=O) groups excluding carboxylic acids is 1. The summed E-state index contributed by atoms with van der Waals surface area (Å²) < 4.78 is 4.81. The monoisotopic (exact) mass is 254 g/mol. The van der Waals surface area contributed by atoms with Crippen LogP contribution in [-0.4, -0.2) is 18.2 Å². The van der Waals surface area contributed by atoms with Gasteiger partial charge in [-0.25, -0.2) is 4.79 Å². The minimum absolute atomic E-state index is 0.191. The summed E-state index contributed by atoms with van der Waals surface area (Å²) >= 11 is 0. The van der Waals surface area contributed by atoms with Crippen LogP contribution in [-0.2, 0) is 9.53 Å². The van der Waals surface area contributed by atoms with Crippen LogP contribution in [0.2, 0.25) is 0 Å². The molecule has 0 bridgehead atoms. The number of methoxy groups -OCH3 is 1. The van der Waals surface area contributed by atoms with Gasteiger partial charge in [0, 0.05) is 0 Å².